The van der Waals surface area contributed by atoms with E-state index in [-0.39, 0.29) is 30.6 Å². The molecule has 0 radical (unpaired) electrons. The second kappa shape index (κ2) is 13.7. The molecule has 3 aliphatic heterocycles. The summed E-state index contributed by atoms with van der Waals surface area (Å²) in [7, 11) is 0. The van der Waals surface area contributed by atoms with Gasteiger partial charge in [-0.25, -0.2) is 0 Å². The number of hydrogen-bond acceptors (Lipinski definition) is 4. The summed E-state index contributed by atoms with van der Waals surface area (Å²) in [6, 6.07) is 17.4. The van der Waals surface area contributed by atoms with Crippen LogP contribution in [0.3, 0.4) is 0 Å². The third-order valence-corrected chi connectivity index (χ3v) is 10.1. The van der Waals surface area contributed by atoms with E-state index in [1.807, 2.05) is 30.3 Å². The zero-order valence-electron chi connectivity index (χ0n) is 26.0. The number of alkyl halides is 6. The highest BCUT2D eigenvalue weighted by molar-refractivity contribution is 6.33. The summed E-state index contributed by atoms with van der Waals surface area (Å²) in [6.45, 7) is 4.59. The Morgan fingerprint density at radius 1 is 0.708 bits per heavy atom. The van der Waals surface area contributed by atoms with Gasteiger partial charge in [0.05, 0.1) is 21.7 Å². The van der Waals surface area contributed by atoms with Crippen LogP contribution in [0, 0.1) is 0 Å². The van der Waals surface area contributed by atoms with E-state index in [0.29, 0.717) is 55.1 Å². The van der Waals surface area contributed by atoms with Gasteiger partial charge in [0.1, 0.15) is 0 Å². The molecule has 0 aromatic heterocycles. The first-order chi connectivity index (χ1) is 22.8. The van der Waals surface area contributed by atoms with Crippen LogP contribution in [0.15, 0.2) is 72.8 Å². The SMILES string of the molecule is O=C(c1ccccc1Cl)N1CC(N2CCN(C3CCN(C(=O)c4cc(C(F)(F)F)cc(C(F)(F)F)c4)[C@H](Cc4ccccc4)C3)CC2)C1. The maximum atomic E-state index is 13.7. The van der Waals surface area contributed by atoms with Crippen molar-refractivity contribution in [1.29, 1.82) is 0 Å². The molecule has 3 aromatic rings. The molecule has 3 aliphatic rings. The Bertz CT molecular complexity index is 1590. The van der Waals surface area contributed by atoms with Gasteiger partial charge >= 0.3 is 12.4 Å². The van der Waals surface area contributed by atoms with Crippen LogP contribution >= 0.6 is 11.6 Å². The lowest BCUT2D eigenvalue weighted by molar-refractivity contribution is -0.143. The molecule has 0 N–H and O–H groups in total. The van der Waals surface area contributed by atoms with E-state index in [2.05, 4.69) is 9.80 Å². The molecule has 2 atom stereocenters. The summed E-state index contributed by atoms with van der Waals surface area (Å²) in [5, 5.41) is 0.429. The fourth-order valence-electron chi connectivity index (χ4n) is 7.08. The number of carbonyl (C=O) groups excluding carboxylic acids is 2. The van der Waals surface area contributed by atoms with Gasteiger partial charge in [0.2, 0.25) is 0 Å². The standard InChI is InChI=1S/C35H35ClF6N4O2/c36-31-9-5-4-8-30(31)33(48)45-21-29(22-45)44-14-12-43(13-15-44)27-10-11-46(28(20-27)16-23-6-2-1-3-7-23)32(47)24-17-25(34(37,38)39)19-26(18-24)35(40,41)42/h1-9,17-19,27-29H,10-16,20-22H2/t27?,28-/m1/s1. The van der Waals surface area contributed by atoms with Gasteiger partial charge in [-0.15, -0.1) is 0 Å². The van der Waals surface area contributed by atoms with Gasteiger partial charge in [-0.1, -0.05) is 54.1 Å². The van der Waals surface area contributed by atoms with Crippen molar-refractivity contribution in [1.82, 2.24) is 19.6 Å². The Hall–Kier alpha value is -3.61. The lowest BCUT2D eigenvalue weighted by atomic mass is 9.90. The van der Waals surface area contributed by atoms with Crippen molar-refractivity contribution < 1.29 is 35.9 Å². The van der Waals surface area contributed by atoms with Crippen LogP contribution in [0.2, 0.25) is 5.02 Å². The minimum Gasteiger partial charge on any atom is -0.335 e. The molecule has 0 bridgehead atoms. The Balaban J connectivity index is 1.12. The number of hydrogen-bond donors (Lipinski definition) is 0. The van der Waals surface area contributed by atoms with E-state index >= 15 is 0 Å². The van der Waals surface area contributed by atoms with Crippen molar-refractivity contribution in [2.24, 2.45) is 0 Å². The van der Waals surface area contributed by atoms with Crippen LogP contribution < -0.4 is 0 Å². The van der Waals surface area contributed by atoms with Gasteiger partial charge in [0, 0.05) is 69.5 Å². The molecule has 0 saturated carbocycles. The first kappa shape index (κ1) is 34.3. The average molecular weight is 693 g/mol. The van der Waals surface area contributed by atoms with Crippen LogP contribution in [-0.2, 0) is 18.8 Å². The molecule has 256 valence electrons. The molecule has 13 heteroatoms. The number of rotatable bonds is 6. The Labute approximate surface area is 279 Å². The Morgan fingerprint density at radius 3 is 1.85 bits per heavy atom. The fourth-order valence-corrected chi connectivity index (χ4v) is 7.29. The molecule has 0 spiro atoms. The zero-order chi connectivity index (χ0) is 34.2. The van der Waals surface area contributed by atoms with E-state index in [0.717, 1.165) is 31.7 Å². The molecule has 3 fully saturated rings. The van der Waals surface area contributed by atoms with Crippen LogP contribution in [0.5, 0.6) is 0 Å². The normalized spacial score (nSPS) is 21.6. The van der Waals surface area contributed by atoms with E-state index in [4.69, 9.17) is 11.6 Å². The molecule has 48 heavy (non-hydrogen) atoms. The average Bonchev–Trinajstić information content (AvgIpc) is 3.04. The van der Waals surface area contributed by atoms with E-state index in [1.54, 1.807) is 29.2 Å². The lowest BCUT2D eigenvalue weighted by Gasteiger charge is -2.50. The molecule has 0 aliphatic carbocycles. The van der Waals surface area contributed by atoms with Crippen molar-refractivity contribution in [3.8, 4) is 0 Å². The van der Waals surface area contributed by atoms with Crippen LogP contribution in [0.1, 0.15) is 50.2 Å². The second-order valence-electron chi connectivity index (χ2n) is 12.7. The van der Waals surface area contributed by atoms with Crippen molar-refractivity contribution in [2.75, 3.05) is 45.8 Å². The van der Waals surface area contributed by atoms with Crippen LogP contribution in [0.4, 0.5) is 26.3 Å². The summed E-state index contributed by atoms with van der Waals surface area (Å²) < 4.78 is 81.5. The monoisotopic (exact) mass is 692 g/mol. The highest BCUT2D eigenvalue weighted by Crippen LogP contribution is 2.37. The van der Waals surface area contributed by atoms with Crippen molar-refractivity contribution in [2.45, 2.75) is 49.7 Å². The topological polar surface area (TPSA) is 47.1 Å². The van der Waals surface area contributed by atoms with E-state index < -0.39 is 41.0 Å². The highest BCUT2D eigenvalue weighted by Gasteiger charge is 2.41. The number of benzene rings is 3. The van der Waals surface area contributed by atoms with Gasteiger partial charge < -0.3 is 9.80 Å². The minimum atomic E-state index is -5.04. The Morgan fingerprint density at radius 2 is 1.27 bits per heavy atom. The maximum Gasteiger partial charge on any atom is 0.416 e. The molecular formula is C35H35ClF6N4O2. The molecule has 3 aromatic carbocycles. The molecule has 3 saturated heterocycles. The predicted octanol–water partition coefficient (Wildman–Crippen LogP) is 6.74. The third-order valence-electron chi connectivity index (χ3n) is 9.73. The molecule has 1 unspecified atom stereocenters. The predicted molar refractivity (Wildman–Crippen MR) is 169 cm³/mol. The largest absolute Gasteiger partial charge is 0.416 e. The fraction of sp³-hybridized carbons (Fsp3) is 0.429. The molecule has 6 nitrogen and oxygen atoms in total. The summed E-state index contributed by atoms with van der Waals surface area (Å²) in [5.74, 6) is -0.919. The highest BCUT2D eigenvalue weighted by atomic mass is 35.5. The summed E-state index contributed by atoms with van der Waals surface area (Å²) in [5.41, 5.74) is -2.21. The molecule has 3 heterocycles. The number of piperazine rings is 1. The number of likely N-dealkylation sites (tertiary alicyclic amines) is 2. The first-order valence-electron chi connectivity index (χ1n) is 15.9. The minimum absolute atomic E-state index is 0.0437. The number of amides is 2. The molecule has 2 amide bonds. The lowest BCUT2D eigenvalue weighted by Crippen LogP contribution is -2.65. The first-order valence-corrected chi connectivity index (χ1v) is 16.3. The maximum absolute atomic E-state index is 13.7. The van der Waals surface area contributed by atoms with Gasteiger partial charge in [0.25, 0.3) is 11.8 Å². The van der Waals surface area contributed by atoms with Crippen molar-refractivity contribution in [3.63, 3.8) is 0 Å². The van der Waals surface area contributed by atoms with Crippen molar-refractivity contribution in [3.05, 3.63) is 106 Å². The van der Waals surface area contributed by atoms with Crippen molar-refractivity contribution >= 4 is 23.4 Å². The quantitative estimate of drug-likeness (QED) is 0.269. The summed E-state index contributed by atoms with van der Waals surface area (Å²) >= 11 is 6.21. The number of nitrogens with zero attached hydrogens (tertiary/aromatic N) is 4. The number of halogens is 7. The third kappa shape index (κ3) is 7.50. The van der Waals surface area contributed by atoms with Crippen LogP contribution in [0.25, 0.3) is 0 Å². The smallest absolute Gasteiger partial charge is 0.335 e. The second-order valence-corrected chi connectivity index (χ2v) is 13.1. The number of carbonyl (C=O) groups is 2. The van der Waals surface area contributed by atoms with Gasteiger partial charge in [0.15, 0.2) is 0 Å². The van der Waals surface area contributed by atoms with E-state index in [9.17, 15) is 35.9 Å². The molecular weight excluding hydrogens is 658 g/mol. The zero-order valence-corrected chi connectivity index (χ0v) is 26.7. The Kier molecular flexibility index (Phi) is 9.79. The summed E-state index contributed by atoms with van der Waals surface area (Å²) in [4.78, 5) is 34.6. The van der Waals surface area contributed by atoms with Crippen LogP contribution in [-0.4, -0.2) is 95.4 Å². The van der Waals surface area contributed by atoms with Gasteiger partial charge in [-0.3, -0.25) is 19.4 Å². The van der Waals surface area contributed by atoms with Gasteiger partial charge in [-0.05, 0) is 55.2 Å². The number of piperidine rings is 1. The van der Waals surface area contributed by atoms with Gasteiger partial charge in [-0.2, -0.15) is 26.3 Å². The molecule has 6 rings (SSSR count). The van der Waals surface area contributed by atoms with E-state index in [1.165, 1.54) is 4.90 Å². The summed E-state index contributed by atoms with van der Waals surface area (Å²) in [6.07, 6.45) is -8.58.